The second kappa shape index (κ2) is 4.99. The molecule has 15 heavy (non-hydrogen) atoms. The summed E-state index contributed by atoms with van der Waals surface area (Å²) in [5, 5.41) is 0. The molecule has 0 aliphatic heterocycles. The zero-order valence-electron chi connectivity index (χ0n) is 8.23. The minimum absolute atomic E-state index is 0.0148. The molecule has 0 aromatic carbocycles. The first-order chi connectivity index (χ1) is 7.19. The van der Waals surface area contributed by atoms with E-state index >= 15 is 0 Å². The maximum atomic E-state index is 11.3. The van der Waals surface area contributed by atoms with Gasteiger partial charge < -0.3 is 14.9 Å². The van der Waals surface area contributed by atoms with Gasteiger partial charge in [-0.3, -0.25) is 4.79 Å². The van der Waals surface area contributed by atoms with Crippen molar-refractivity contribution in [3.8, 4) is 0 Å². The van der Waals surface area contributed by atoms with Gasteiger partial charge >= 0.3 is 5.97 Å². The smallest absolute Gasteiger partial charge is 0.343 e. The zero-order valence-corrected chi connectivity index (χ0v) is 8.23. The predicted molar refractivity (Wildman–Crippen MR) is 54.2 cm³/mol. The van der Waals surface area contributed by atoms with Crippen molar-refractivity contribution in [3.63, 3.8) is 0 Å². The summed E-state index contributed by atoms with van der Waals surface area (Å²) in [6, 6.07) is 1.42. The first-order valence-corrected chi connectivity index (χ1v) is 4.37. The summed E-state index contributed by atoms with van der Waals surface area (Å²) in [4.78, 5) is 21.4. The van der Waals surface area contributed by atoms with Crippen LogP contribution in [0.2, 0.25) is 0 Å². The molecular weight excluding hydrogens is 198 g/mol. The highest BCUT2D eigenvalue weighted by Crippen LogP contribution is 2.19. The minimum atomic E-state index is -0.537. The molecule has 80 valence electrons. The summed E-state index contributed by atoms with van der Waals surface area (Å²) < 4.78 is 9.77. The third-order valence-corrected chi connectivity index (χ3v) is 1.61. The van der Waals surface area contributed by atoms with E-state index in [-0.39, 0.29) is 18.1 Å². The van der Waals surface area contributed by atoms with Gasteiger partial charge in [0.05, 0.1) is 6.61 Å². The maximum Gasteiger partial charge on any atom is 0.343 e. The average Bonchev–Trinajstić information content (AvgIpc) is 2.57. The number of carbonyl (C=O) groups excluding carboxylic acids is 2. The van der Waals surface area contributed by atoms with Crippen LogP contribution in [0.3, 0.4) is 0 Å². The first-order valence-electron chi connectivity index (χ1n) is 4.37. The molecule has 0 bridgehead atoms. The normalized spacial score (nSPS) is 10.5. The van der Waals surface area contributed by atoms with Crippen molar-refractivity contribution in [1.82, 2.24) is 0 Å². The maximum absolute atomic E-state index is 11.3. The summed E-state index contributed by atoms with van der Waals surface area (Å²) in [7, 11) is 0. The van der Waals surface area contributed by atoms with Crippen LogP contribution in [0.4, 0.5) is 5.88 Å². The Morgan fingerprint density at radius 3 is 3.00 bits per heavy atom. The van der Waals surface area contributed by atoms with Gasteiger partial charge in [-0.25, -0.2) is 4.79 Å². The van der Waals surface area contributed by atoms with Gasteiger partial charge in [-0.05, 0) is 19.1 Å². The summed E-state index contributed by atoms with van der Waals surface area (Å²) in [5.41, 5.74) is 5.62. The molecule has 0 atom stereocenters. The Bertz CT molecular complexity index is 392. The van der Waals surface area contributed by atoms with E-state index in [4.69, 9.17) is 14.9 Å². The average molecular weight is 209 g/mol. The van der Waals surface area contributed by atoms with E-state index in [9.17, 15) is 9.59 Å². The lowest BCUT2D eigenvalue weighted by Crippen LogP contribution is -2.05. The highest BCUT2D eigenvalue weighted by Gasteiger charge is 2.15. The number of furan rings is 1. The van der Waals surface area contributed by atoms with Gasteiger partial charge in [0.2, 0.25) is 5.88 Å². The van der Waals surface area contributed by atoms with Crippen molar-refractivity contribution < 1.29 is 18.7 Å². The minimum Gasteiger partial charge on any atom is -0.462 e. The molecule has 1 aromatic rings. The topological polar surface area (TPSA) is 82.5 Å². The number of ether oxygens (including phenoxy) is 1. The molecule has 0 unspecified atom stereocenters. The molecule has 0 radical (unpaired) electrons. The van der Waals surface area contributed by atoms with Gasteiger partial charge in [0, 0.05) is 6.07 Å². The van der Waals surface area contributed by atoms with Gasteiger partial charge in [0.25, 0.3) is 0 Å². The molecule has 0 spiro atoms. The van der Waals surface area contributed by atoms with Crippen LogP contribution in [-0.2, 0) is 9.53 Å². The second-order valence-electron chi connectivity index (χ2n) is 2.64. The monoisotopic (exact) mass is 209 g/mol. The summed E-state index contributed by atoms with van der Waals surface area (Å²) in [6.07, 6.45) is 3.25. The number of aldehydes is 1. The highest BCUT2D eigenvalue weighted by molar-refractivity contribution is 5.94. The Morgan fingerprint density at radius 2 is 2.40 bits per heavy atom. The standard InChI is InChI=1S/C10H11NO4/c1-2-14-10(13)8-6-7(4-3-5-12)15-9(8)11/h3-6H,2,11H2,1H3/b4-3-. The fraction of sp³-hybridized carbons (Fsp3) is 0.200. The van der Waals surface area contributed by atoms with E-state index in [1.54, 1.807) is 6.92 Å². The zero-order chi connectivity index (χ0) is 11.3. The number of hydrogen-bond donors (Lipinski definition) is 1. The van der Waals surface area contributed by atoms with Gasteiger partial charge in [-0.2, -0.15) is 0 Å². The third kappa shape index (κ3) is 2.70. The number of hydrogen-bond acceptors (Lipinski definition) is 5. The molecule has 1 rings (SSSR count). The van der Waals surface area contributed by atoms with Crippen molar-refractivity contribution in [1.29, 1.82) is 0 Å². The van der Waals surface area contributed by atoms with Gasteiger partial charge in [-0.15, -0.1) is 0 Å². The number of esters is 1. The lowest BCUT2D eigenvalue weighted by molar-refractivity contribution is -0.104. The molecule has 2 N–H and O–H groups in total. The van der Waals surface area contributed by atoms with Crippen molar-refractivity contribution >= 4 is 24.2 Å². The Kier molecular flexibility index (Phi) is 3.68. The van der Waals surface area contributed by atoms with Crippen molar-refractivity contribution in [3.05, 3.63) is 23.5 Å². The van der Waals surface area contributed by atoms with Crippen molar-refractivity contribution in [2.24, 2.45) is 0 Å². The van der Waals surface area contributed by atoms with Crippen LogP contribution < -0.4 is 5.73 Å². The number of nitrogen functional groups attached to an aromatic ring is 1. The van der Waals surface area contributed by atoms with E-state index in [0.717, 1.165) is 0 Å². The Balaban J connectivity index is 2.90. The van der Waals surface area contributed by atoms with Crippen LogP contribution in [0.15, 0.2) is 16.6 Å². The van der Waals surface area contributed by atoms with Crippen LogP contribution in [0, 0.1) is 0 Å². The van der Waals surface area contributed by atoms with Crippen LogP contribution in [0.5, 0.6) is 0 Å². The SMILES string of the molecule is CCOC(=O)c1cc(/C=C\C=O)oc1N. The molecule has 0 aliphatic carbocycles. The fourth-order valence-corrected chi connectivity index (χ4v) is 1.01. The molecule has 1 heterocycles. The van der Waals surface area contributed by atoms with E-state index in [0.29, 0.717) is 12.0 Å². The lowest BCUT2D eigenvalue weighted by atomic mass is 10.3. The highest BCUT2D eigenvalue weighted by atomic mass is 16.5. The van der Waals surface area contributed by atoms with E-state index in [1.807, 2.05) is 0 Å². The van der Waals surface area contributed by atoms with Crippen LogP contribution >= 0.6 is 0 Å². The molecule has 5 heteroatoms. The third-order valence-electron chi connectivity index (χ3n) is 1.61. The number of anilines is 1. The molecule has 0 aliphatic rings. The number of nitrogens with two attached hydrogens (primary N) is 1. The molecule has 5 nitrogen and oxygen atoms in total. The predicted octanol–water partition coefficient (Wildman–Crippen LogP) is 1.25. The van der Waals surface area contributed by atoms with Crippen LogP contribution in [0.1, 0.15) is 23.0 Å². The number of allylic oxidation sites excluding steroid dienone is 1. The van der Waals surface area contributed by atoms with E-state index in [2.05, 4.69) is 0 Å². The van der Waals surface area contributed by atoms with Crippen molar-refractivity contribution in [2.75, 3.05) is 12.3 Å². The Labute approximate surface area is 86.5 Å². The van der Waals surface area contributed by atoms with Crippen LogP contribution in [-0.4, -0.2) is 18.9 Å². The largest absolute Gasteiger partial charge is 0.462 e. The summed E-state index contributed by atoms with van der Waals surface area (Å²) in [6.45, 7) is 1.96. The number of rotatable bonds is 4. The number of carbonyl (C=O) groups is 2. The van der Waals surface area contributed by atoms with Crippen LogP contribution in [0.25, 0.3) is 6.08 Å². The van der Waals surface area contributed by atoms with E-state index < -0.39 is 5.97 Å². The molecule has 0 fully saturated rings. The Hall–Kier alpha value is -2.04. The summed E-state index contributed by atoms with van der Waals surface area (Å²) >= 11 is 0. The van der Waals surface area contributed by atoms with Gasteiger partial charge in [0.1, 0.15) is 17.6 Å². The molecule has 0 amide bonds. The van der Waals surface area contributed by atoms with Gasteiger partial charge in [-0.1, -0.05) is 0 Å². The summed E-state index contributed by atoms with van der Waals surface area (Å²) in [5.74, 6) is -0.217. The second-order valence-corrected chi connectivity index (χ2v) is 2.64. The molecule has 1 aromatic heterocycles. The lowest BCUT2D eigenvalue weighted by Gasteiger charge is -1.97. The first kappa shape index (κ1) is 11.0. The fourth-order valence-electron chi connectivity index (χ4n) is 1.01. The van der Waals surface area contributed by atoms with Crippen molar-refractivity contribution in [2.45, 2.75) is 6.92 Å². The molecular formula is C10H11NO4. The quantitative estimate of drug-likeness (QED) is 0.458. The molecule has 0 saturated carbocycles. The van der Waals surface area contributed by atoms with Gasteiger partial charge in [0.15, 0.2) is 0 Å². The Morgan fingerprint density at radius 1 is 1.67 bits per heavy atom. The van der Waals surface area contributed by atoms with E-state index in [1.165, 1.54) is 18.2 Å². The molecule has 0 saturated heterocycles.